The molecule has 0 bridgehead atoms. The largest absolute Gasteiger partial charge is 4.00 e. The number of hydrogen-bond acceptors (Lipinski definition) is 4. The topological polar surface area (TPSA) is 33.5 Å². The first-order valence-electron chi connectivity index (χ1n) is 23.4. The Hall–Kier alpha value is -5.64. The van der Waals surface area contributed by atoms with Gasteiger partial charge in [0.05, 0.1) is 0 Å². The maximum absolute atomic E-state index is 6.93. The molecular weight excluding hydrogens is 1010 g/mol. The second-order valence-corrected chi connectivity index (χ2v) is 22.9. The zero-order valence-corrected chi connectivity index (χ0v) is 45.1. The van der Waals surface area contributed by atoms with Gasteiger partial charge >= 0.3 is 21.1 Å². The van der Waals surface area contributed by atoms with E-state index in [0.717, 1.165) is 50.6 Å². The quantitative estimate of drug-likeness (QED) is 0.149. The van der Waals surface area contributed by atoms with Gasteiger partial charge in [0, 0.05) is 45.7 Å². The number of anilines is 4. The molecule has 352 valence electrons. The molecule has 0 atom stereocenters. The van der Waals surface area contributed by atoms with Crippen molar-refractivity contribution in [3.05, 3.63) is 193 Å². The summed E-state index contributed by atoms with van der Waals surface area (Å²) in [6, 6.07) is 53.9. The molecule has 6 aromatic carbocycles. The molecule has 0 N–H and O–H groups in total. The fourth-order valence-corrected chi connectivity index (χ4v) is 9.05. The van der Waals surface area contributed by atoms with Crippen molar-refractivity contribution in [1.82, 2.24) is 9.55 Å². The molecule has 2 aromatic heterocycles. The Morgan fingerprint density at radius 2 is 1.12 bits per heavy atom. The summed E-state index contributed by atoms with van der Waals surface area (Å²) < 4.78 is 9.17. The van der Waals surface area contributed by atoms with Crippen molar-refractivity contribution >= 4 is 44.6 Å². The monoisotopic (exact) mass is 1080 g/mol. The summed E-state index contributed by atoms with van der Waals surface area (Å²) in [6.07, 6.45) is 1.92. The van der Waals surface area contributed by atoms with E-state index in [4.69, 9.17) is 9.72 Å². The Bertz CT molecular complexity index is 3120. The van der Waals surface area contributed by atoms with Crippen molar-refractivity contribution < 1.29 is 25.8 Å². The van der Waals surface area contributed by atoms with Crippen LogP contribution in [0.3, 0.4) is 0 Å². The first-order chi connectivity index (χ1) is 31.0. The summed E-state index contributed by atoms with van der Waals surface area (Å²) in [6.45, 7) is 33.9. The van der Waals surface area contributed by atoms with Gasteiger partial charge < -0.3 is 26.5 Å². The molecule has 0 unspecified atom stereocenters. The molecule has 8 aromatic rings. The van der Waals surface area contributed by atoms with E-state index < -0.39 is 0 Å². The van der Waals surface area contributed by atoms with E-state index in [1.165, 1.54) is 33.2 Å². The third kappa shape index (κ3) is 9.53. The normalized spacial score (nSPS) is 13.4. The van der Waals surface area contributed by atoms with Crippen molar-refractivity contribution in [2.45, 2.75) is 124 Å². The Kier molecular flexibility index (Phi) is 13.3. The third-order valence-corrected chi connectivity index (χ3v) is 13.5. The number of aromatic nitrogens is 2. The van der Waals surface area contributed by atoms with E-state index in [2.05, 4.69) is 251 Å². The van der Waals surface area contributed by atoms with E-state index >= 15 is 0 Å². The van der Waals surface area contributed by atoms with Gasteiger partial charge in [-0.05, 0) is 97.3 Å². The summed E-state index contributed by atoms with van der Waals surface area (Å²) in [5, 5.41) is 2.27. The molecule has 3 heterocycles. The third-order valence-electron chi connectivity index (χ3n) is 13.5. The van der Waals surface area contributed by atoms with Gasteiger partial charge in [0.25, 0.3) is 0 Å². The Labute approximate surface area is 421 Å². The average molecular weight is 1080 g/mol. The minimum absolute atomic E-state index is 0. The van der Waals surface area contributed by atoms with E-state index in [0.29, 0.717) is 11.5 Å². The predicted molar refractivity (Wildman–Crippen MR) is 284 cm³/mol. The zero-order chi connectivity index (χ0) is 47.1. The minimum atomic E-state index is -0.217. The maximum atomic E-state index is 6.93. The molecule has 0 saturated carbocycles. The number of hydrogen-bond donors (Lipinski definition) is 0. The standard InChI is InChI=1S/C61H65N4O.CH3.Pt/c1-57(2,3)41-21-18-22-46(31-41)63-39-64(53-28-24-44(35-55(53)63)61(13,14)40-19-16-15-17-20-40)47-32-45(60(10,11)12)33-49(37-47)66-48-25-26-50-51-34-42(58(4,5)6)23-27-52(51)65(54(50)38-48)56-36-43(29-30-62-56)59(7,8)9;;/h15-36,39H,1-14H3;1H3;/q-3;-1;+4. The van der Waals surface area contributed by atoms with Crippen LogP contribution in [0.5, 0.6) is 11.5 Å². The van der Waals surface area contributed by atoms with Crippen molar-refractivity contribution in [2.24, 2.45) is 0 Å². The Balaban J connectivity index is 0.00000342. The van der Waals surface area contributed by atoms with Crippen LogP contribution in [0, 0.1) is 26.2 Å². The molecule has 9 rings (SSSR count). The molecule has 0 aliphatic carbocycles. The van der Waals surface area contributed by atoms with Gasteiger partial charge in [-0.1, -0.05) is 163 Å². The van der Waals surface area contributed by atoms with Crippen LogP contribution in [0.15, 0.2) is 134 Å². The van der Waals surface area contributed by atoms with Gasteiger partial charge in [-0.3, -0.25) is 0 Å². The molecule has 0 radical (unpaired) electrons. The predicted octanol–water partition coefficient (Wildman–Crippen LogP) is 16.9. The smallest absolute Gasteiger partial charge is 0.509 e. The second-order valence-electron chi connectivity index (χ2n) is 22.9. The Morgan fingerprint density at radius 3 is 1.79 bits per heavy atom. The van der Waals surface area contributed by atoms with Crippen molar-refractivity contribution in [3.63, 3.8) is 0 Å². The SMILES string of the molecule is CC(C)(C)c1cc(Oc2[c-]c3c(cc2)c2cc(C(C)(C)C)ccc2n3-c2cc(C(C)(C)C)ccn2)[c-]c(N2[CH-]N(c3cccc(C(C)(C)C)c3)c3cc(C(C)(C)c4ccccc4)ccc32)c1.[CH3-].[Pt+4]. The molecule has 68 heavy (non-hydrogen) atoms. The van der Waals surface area contributed by atoms with Gasteiger partial charge in [-0.2, -0.15) is 6.07 Å². The minimum Gasteiger partial charge on any atom is -0.509 e. The maximum Gasteiger partial charge on any atom is 4.00 e. The van der Waals surface area contributed by atoms with Crippen LogP contribution < -0.4 is 14.5 Å². The number of ether oxygens (including phenoxy) is 1. The van der Waals surface area contributed by atoms with Crippen molar-refractivity contribution in [3.8, 4) is 17.3 Å². The fourth-order valence-electron chi connectivity index (χ4n) is 9.05. The number of rotatable bonds is 7. The van der Waals surface area contributed by atoms with Crippen LogP contribution in [0.2, 0.25) is 0 Å². The summed E-state index contributed by atoms with van der Waals surface area (Å²) in [7, 11) is 0. The molecule has 6 heteroatoms. The Morgan fingerprint density at radius 1 is 0.485 bits per heavy atom. The molecule has 1 aliphatic rings. The van der Waals surface area contributed by atoms with E-state index in [-0.39, 0.29) is 55.6 Å². The summed E-state index contributed by atoms with van der Waals surface area (Å²) in [5.41, 5.74) is 13.2. The number of fused-ring (bicyclic) bond motifs is 4. The van der Waals surface area contributed by atoms with E-state index in [9.17, 15) is 0 Å². The molecule has 0 fully saturated rings. The first-order valence-corrected chi connectivity index (χ1v) is 23.4. The van der Waals surface area contributed by atoms with Crippen molar-refractivity contribution in [2.75, 3.05) is 9.80 Å². The van der Waals surface area contributed by atoms with Gasteiger partial charge in [-0.15, -0.1) is 53.6 Å². The molecule has 0 saturated heterocycles. The summed E-state index contributed by atoms with van der Waals surface area (Å²) in [4.78, 5) is 9.56. The van der Waals surface area contributed by atoms with Gasteiger partial charge in [-0.25, -0.2) is 4.98 Å². The van der Waals surface area contributed by atoms with Crippen LogP contribution in [0.4, 0.5) is 22.7 Å². The number of benzene rings is 6. The van der Waals surface area contributed by atoms with E-state index in [1.807, 2.05) is 12.3 Å². The molecular formula is C62H68N4OPt. The number of nitrogens with zero attached hydrogens (tertiary/aromatic N) is 4. The van der Waals surface area contributed by atoms with Gasteiger partial charge in [0.2, 0.25) is 0 Å². The summed E-state index contributed by atoms with van der Waals surface area (Å²) in [5.74, 6) is 2.10. The molecule has 0 spiro atoms. The van der Waals surface area contributed by atoms with Crippen LogP contribution in [0.1, 0.15) is 130 Å². The molecule has 5 nitrogen and oxygen atoms in total. The van der Waals surface area contributed by atoms with Crippen LogP contribution in [-0.2, 0) is 48.1 Å². The van der Waals surface area contributed by atoms with Crippen molar-refractivity contribution in [1.29, 1.82) is 0 Å². The van der Waals surface area contributed by atoms with Gasteiger partial charge in [0.1, 0.15) is 5.82 Å². The molecule has 0 amide bonds. The van der Waals surface area contributed by atoms with Crippen LogP contribution in [0.25, 0.3) is 27.6 Å². The summed E-state index contributed by atoms with van der Waals surface area (Å²) >= 11 is 0. The average Bonchev–Trinajstić information content (AvgIpc) is 3.81. The zero-order valence-electron chi connectivity index (χ0n) is 42.8. The first kappa shape index (κ1) is 50.2. The number of pyridine rings is 1. The molecule has 1 aliphatic heterocycles. The fraction of sp³-hybridized carbons (Fsp3) is 0.306. The van der Waals surface area contributed by atoms with E-state index in [1.54, 1.807) is 0 Å². The van der Waals surface area contributed by atoms with Crippen LogP contribution in [-0.4, -0.2) is 9.55 Å². The van der Waals surface area contributed by atoms with Crippen LogP contribution >= 0.6 is 0 Å². The van der Waals surface area contributed by atoms with Gasteiger partial charge in [0.15, 0.2) is 0 Å². The second kappa shape index (κ2) is 18.0.